The van der Waals surface area contributed by atoms with Crippen molar-refractivity contribution < 1.29 is 28.2 Å². The largest absolute Gasteiger partial charge is 0.513 e. The summed E-state index contributed by atoms with van der Waals surface area (Å²) in [7, 11) is 0. The third kappa shape index (κ3) is 7.30. The van der Waals surface area contributed by atoms with Crippen LogP contribution in [0.1, 0.15) is 28.4 Å². The fourth-order valence-electron chi connectivity index (χ4n) is 2.90. The molecule has 0 fully saturated rings. The van der Waals surface area contributed by atoms with Crippen molar-refractivity contribution in [3.8, 4) is 5.75 Å². The number of hydrogen-bond donors (Lipinski definition) is 2. The van der Waals surface area contributed by atoms with Gasteiger partial charge in [-0.3, -0.25) is 9.59 Å². The van der Waals surface area contributed by atoms with Crippen molar-refractivity contribution in [2.45, 2.75) is 13.5 Å². The van der Waals surface area contributed by atoms with Crippen LogP contribution in [-0.2, 0) is 16.1 Å². The van der Waals surface area contributed by atoms with E-state index in [-0.39, 0.29) is 30.7 Å². The first-order valence-corrected chi connectivity index (χ1v) is 10.5. The Labute approximate surface area is 196 Å². The standard InChI is InChI=1S/C26H23FN2O5/c1-2-33-26(32)34-22-13-10-20(11-14-22)25(31)29-21-8-5-6-18(16-21)17-28-24(30)15-12-19-7-3-4-9-23(19)27/h3-16H,2,17H2,1H3,(H,28,30)(H,29,31)/b15-12+. The lowest BCUT2D eigenvalue weighted by molar-refractivity contribution is -0.116. The number of rotatable bonds is 8. The van der Waals surface area contributed by atoms with Crippen molar-refractivity contribution in [2.75, 3.05) is 11.9 Å². The molecule has 0 aliphatic heterocycles. The minimum atomic E-state index is -0.814. The van der Waals surface area contributed by atoms with E-state index in [9.17, 15) is 18.8 Å². The summed E-state index contributed by atoms with van der Waals surface area (Å²) in [5, 5.41) is 5.50. The molecule has 0 unspecified atom stereocenters. The molecule has 0 saturated carbocycles. The van der Waals surface area contributed by atoms with Crippen LogP contribution >= 0.6 is 0 Å². The topological polar surface area (TPSA) is 93.7 Å². The Hall–Kier alpha value is -4.46. The number of carbonyl (C=O) groups is 3. The minimum Gasteiger partial charge on any atom is -0.434 e. The Kier molecular flexibility index (Phi) is 8.51. The van der Waals surface area contributed by atoms with Gasteiger partial charge < -0.3 is 20.1 Å². The van der Waals surface area contributed by atoms with E-state index in [1.54, 1.807) is 49.4 Å². The monoisotopic (exact) mass is 462 g/mol. The van der Waals surface area contributed by atoms with E-state index in [4.69, 9.17) is 9.47 Å². The summed E-state index contributed by atoms with van der Waals surface area (Å²) >= 11 is 0. The highest BCUT2D eigenvalue weighted by Crippen LogP contribution is 2.16. The van der Waals surface area contributed by atoms with Crippen LogP contribution < -0.4 is 15.4 Å². The van der Waals surface area contributed by atoms with Gasteiger partial charge >= 0.3 is 6.16 Å². The lowest BCUT2D eigenvalue weighted by Crippen LogP contribution is -2.20. The highest BCUT2D eigenvalue weighted by Gasteiger charge is 2.09. The third-order valence-electron chi connectivity index (χ3n) is 4.55. The first kappa shape index (κ1) is 24.2. The number of amides is 2. The Bertz CT molecular complexity index is 1190. The molecule has 3 aromatic carbocycles. The molecular formula is C26H23FN2O5. The molecule has 2 N–H and O–H groups in total. The first-order chi connectivity index (χ1) is 16.4. The van der Waals surface area contributed by atoms with Gasteiger partial charge in [0, 0.05) is 29.4 Å². The van der Waals surface area contributed by atoms with Gasteiger partial charge in [-0.25, -0.2) is 9.18 Å². The summed E-state index contributed by atoms with van der Waals surface area (Å²) < 4.78 is 23.3. The molecule has 8 heteroatoms. The van der Waals surface area contributed by atoms with Crippen LogP contribution in [0.15, 0.2) is 78.9 Å². The number of halogens is 1. The predicted octanol–water partition coefficient (Wildman–Crippen LogP) is 4.94. The highest BCUT2D eigenvalue weighted by molar-refractivity contribution is 6.04. The average molecular weight is 462 g/mol. The van der Waals surface area contributed by atoms with E-state index < -0.39 is 12.0 Å². The maximum atomic E-state index is 13.6. The SMILES string of the molecule is CCOC(=O)Oc1ccc(C(=O)Nc2cccc(CNC(=O)/C=C/c3ccccc3F)c2)cc1. The molecule has 0 aromatic heterocycles. The van der Waals surface area contributed by atoms with Crippen LogP contribution in [0.2, 0.25) is 0 Å². The molecule has 0 bridgehead atoms. The quantitative estimate of drug-likeness (QED) is 0.281. The zero-order valence-corrected chi connectivity index (χ0v) is 18.4. The fourth-order valence-corrected chi connectivity index (χ4v) is 2.90. The first-order valence-electron chi connectivity index (χ1n) is 10.5. The second kappa shape index (κ2) is 12.0. The molecule has 0 radical (unpaired) electrons. The van der Waals surface area contributed by atoms with Crippen molar-refractivity contribution in [1.29, 1.82) is 0 Å². The van der Waals surface area contributed by atoms with Crippen molar-refractivity contribution >= 4 is 29.7 Å². The number of hydrogen-bond acceptors (Lipinski definition) is 5. The fraction of sp³-hybridized carbons (Fsp3) is 0.115. The van der Waals surface area contributed by atoms with Crippen LogP contribution in [0.4, 0.5) is 14.9 Å². The Balaban J connectivity index is 1.53. The molecule has 34 heavy (non-hydrogen) atoms. The van der Waals surface area contributed by atoms with E-state index in [1.807, 2.05) is 0 Å². The molecule has 0 atom stereocenters. The van der Waals surface area contributed by atoms with Gasteiger partial charge in [-0.2, -0.15) is 0 Å². The van der Waals surface area contributed by atoms with Gasteiger partial charge in [-0.1, -0.05) is 30.3 Å². The average Bonchev–Trinajstić information content (AvgIpc) is 2.83. The van der Waals surface area contributed by atoms with Crippen LogP contribution in [0.3, 0.4) is 0 Å². The maximum Gasteiger partial charge on any atom is 0.513 e. The second-order valence-corrected chi connectivity index (χ2v) is 7.04. The zero-order valence-electron chi connectivity index (χ0n) is 18.4. The Morgan fingerprint density at radius 3 is 2.47 bits per heavy atom. The summed E-state index contributed by atoms with van der Waals surface area (Å²) in [6.07, 6.45) is 1.86. The summed E-state index contributed by atoms with van der Waals surface area (Å²) in [5.41, 5.74) is 2.00. The number of carbonyl (C=O) groups excluding carboxylic acids is 3. The molecule has 0 aliphatic carbocycles. The molecule has 174 valence electrons. The van der Waals surface area contributed by atoms with Crippen molar-refractivity contribution in [3.05, 3.63) is 101 Å². The van der Waals surface area contributed by atoms with Gasteiger partial charge in [0.05, 0.1) is 6.61 Å². The molecule has 3 rings (SSSR count). The molecule has 2 amide bonds. The minimum absolute atomic E-state index is 0.201. The van der Waals surface area contributed by atoms with Gasteiger partial charge in [0.25, 0.3) is 5.91 Å². The molecule has 3 aromatic rings. The lowest BCUT2D eigenvalue weighted by Gasteiger charge is -2.09. The molecule has 7 nitrogen and oxygen atoms in total. The number of ether oxygens (including phenoxy) is 2. The van der Waals surface area contributed by atoms with Crippen molar-refractivity contribution in [3.63, 3.8) is 0 Å². The van der Waals surface area contributed by atoms with E-state index in [0.29, 0.717) is 16.8 Å². The van der Waals surface area contributed by atoms with Gasteiger partial charge in [-0.05, 0) is 61.0 Å². The molecule has 0 heterocycles. The maximum absolute atomic E-state index is 13.6. The molecule has 0 saturated heterocycles. The molecular weight excluding hydrogens is 439 g/mol. The van der Waals surface area contributed by atoms with Crippen LogP contribution in [0.25, 0.3) is 6.08 Å². The van der Waals surface area contributed by atoms with E-state index in [1.165, 1.54) is 42.5 Å². The summed E-state index contributed by atoms with van der Waals surface area (Å²) in [5.74, 6) is -0.868. The van der Waals surface area contributed by atoms with Crippen LogP contribution in [0, 0.1) is 5.82 Å². The Morgan fingerprint density at radius 2 is 1.74 bits per heavy atom. The second-order valence-electron chi connectivity index (χ2n) is 7.04. The highest BCUT2D eigenvalue weighted by atomic mass is 19.1. The number of benzene rings is 3. The van der Waals surface area contributed by atoms with Crippen LogP contribution in [-0.4, -0.2) is 24.6 Å². The van der Waals surface area contributed by atoms with Gasteiger partial charge in [-0.15, -0.1) is 0 Å². The van der Waals surface area contributed by atoms with Crippen molar-refractivity contribution in [2.24, 2.45) is 0 Å². The summed E-state index contributed by atoms with van der Waals surface area (Å²) in [4.78, 5) is 35.9. The Morgan fingerprint density at radius 1 is 0.971 bits per heavy atom. The van der Waals surface area contributed by atoms with Gasteiger partial charge in [0.2, 0.25) is 5.91 Å². The summed E-state index contributed by atoms with van der Waals surface area (Å²) in [6, 6.07) is 19.2. The van der Waals surface area contributed by atoms with E-state index in [2.05, 4.69) is 10.6 Å². The normalized spacial score (nSPS) is 10.5. The van der Waals surface area contributed by atoms with Gasteiger partial charge in [0.1, 0.15) is 11.6 Å². The van der Waals surface area contributed by atoms with Crippen LogP contribution in [0.5, 0.6) is 5.75 Å². The van der Waals surface area contributed by atoms with E-state index >= 15 is 0 Å². The van der Waals surface area contributed by atoms with Gasteiger partial charge in [0.15, 0.2) is 0 Å². The van der Waals surface area contributed by atoms with E-state index in [0.717, 1.165) is 5.56 Å². The number of nitrogens with one attached hydrogen (secondary N) is 2. The molecule has 0 spiro atoms. The van der Waals surface area contributed by atoms with Crippen molar-refractivity contribution in [1.82, 2.24) is 5.32 Å². The number of anilines is 1. The third-order valence-corrected chi connectivity index (χ3v) is 4.55. The lowest BCUT2D eigenvalue weighted by atomic mass is 10.1. The molecule has 0 aliphatic rings. The zero-order chi connectivity index (χ0) is 24.3. The smallest absolute Gasteiger partial charge is 0.434 e. The summed E-state index contributed by atoms with van der Waals surface area (Å²) in [6.45, 7) is 2.10. The predicted molar refractivity (Wildman–Crippen MR) is 126 cm³/mol.